The van der Waals surface area contributed by atoms with Gasteiger partial charge in [0.1, 0.15) is 5.60 Å². The number of hydrogen-bond donors (Lipinski definition) is 1. The maximum Gasteiger partial charge on any atom is 0.106 e. The van der Waals surface area contributed by atoms with Gasteiger partial charge in [-0.2, -0.15) is 0 Å². The van der Waals surface area contributed by atoms with Crippen LogP contribution in [0.4, 0.5) is 0 Å². The van der Waals surface area contributed by atoms with E-state index >= 15 is 0 Å². The minimum atomic E-state index is 0.0521. The number of ether oxygens (including phenoxy) is 2. The molecule has 0 aromatic rings. The molecule has 2 fully saturated rings. The normalized spacial score (nSPS) is 40.8. The maximum absolute atomic E-state index is 5.45. The minimum absolute atomic E-state index is 0.0521. The molecule has 10 heavy (non-hydrogen) atoms. The average molecular weight is 143 g/mol. The fourth-order valence-electron chi connectivity index (χ4n) is 1.41. The molecule has 0 saturated carbocycles. The quantitative estimate of drug-likeness (QED) is 0.508. The molecular formula is C7H13NO2. The fourth-order valence-corrected chi connectivity index (χ4v) is 1.41. The summed E-state index contributed by atoms with van der Waals surface area (Å²) in [6.45, 7) is 4.44. The lowest BCUT2D eigenvalue weighted by Gasteiger charge is -2.40. The van der Waals surface area contributed by atoms with Crippen LogP contribution in [0.25, 0.3) is 0 Å². The summed E-state index contributed by atoms with van der Waals surface area (Å²) in [5.41, 5.74) is 0.0521. The maximum atomic E-state index is 5.45. The summed E-state index contributed by atoms with van der Waals surface area (Å²) in [7, 11) is 0. The van der Waals surface area contributed by atoms with Gasteiger partial charge in [0.05, 0.1) is 19.8 Å². The van der Waals surface area contributed by atoms with Crippen LogP contribution in [0.5, 0.6) is 0 Å². The van der Waals surface area contributed by atoms with Crippen LogP contribution in [0.1, 0.15) is 6.42 Å². The van der Waals surface area contributed by atoms with E-state index in [0.29, 0.717) is 0 Å². The Kier molecular flexibility index (Phi) is 1.64. The third-order valence-electron chi connectivity index (χ3n) is 2.20. The Morgan fingerprint density at radius 2 is 2.20 bits per heavy atom. The highest BCUT2D eigenvalue weighted by atomic mass is 16.6. The van der Waals surface area contributed by atoms with Crippen molar-refractivity contribution < 1.29 is 9.47 Å². The molecule has 3 heteroatoms. The molecule has 1 N–H and O–H groups in total. The zero-order valence-electron chi connectivity index (χ0n) is 6.06. The molecule has 1 atom stereocenters. The van der Waals surface area contributed by atoms with Gasteiger partial charge < -0.3 is 14.8 Å². The Bertz CT molecular complexity index is 113. The van der Waals surface area contributed by atoms with Gasteiger partial charge in [0, 0.05) is 19.5 Å². The monoisotopic (exact) mass is 143 g/mol. The van der Waals surface area contributed by atoms with Crippen LogP contribution in [0.15, 0.2) is 0 Å². The molecular weight excluding hydrogens is 130 g/mol. The van der Waals surface area contributed by atoms with Crippen LogP contribution < -0.4 is 5.32 Å². The van der Waals surface area contributed by atoms with E-state index in [0.717, 1.165) is 39.3 Å². The summed E-state index contributed by atoms with van der Waals surface area (Å²) < 4.78 is 10.8. The number of rotatable bonds is 0. The van der Waals surface area contributed by atoms with E-state index in [9.17, 15) is 0 Å². The van der Waals surface area contributed by atoms with Gasteiger partial charge in [-0.25, -0.2) is 0 Å². The first kappa shape index (κ1) is 6.58. The van der Waals surface area contributed by atoms with E-state index in [4.69, 9.17) is 9.47 Å². The summed E-state index contributed by atoms with van der Waals surface area (Å²) in [5, 5.41) is 3.29. The molecule has 2 aliphatic heterocycles. The highest BCUT2D eigenvalue weighted by Crippen LogP contribution is 2.26. The Balaban J connectivity index is 1.92. The lowest BCUT2D eigenvalue weighted by molar-refractivity contribution is -0.169. The fraction of sp³-hybridized carbons (Fsp3) is 1.00. The summed E-state index contributed by atoms with van der Waals surface area (Å²) in [6.07, 6.45) is 1.15. The van der Waals surface area contributed by atoms with E-state index in [-0.39, 0.29) is 5.60 Å². The molecule has 1 spiro atoms. The Morgan fingerprint density at radius 3 is 2.90 bits per heavy atom. The molecule has 3 nitrogen and oxygen atoms in total. The average Bonchev–Trinajstić information content (AvgIpc) is 2.08. The summed E-state index contributed by atoms with van der Waals surface area (Å²) in [4.78, 5) is 0. The van der Waals surface area contributed by atoms with E-state index in [2.05, 4.69) is 5.32 Å². The molecule has 2 rings (SSSR count). The Morgan fingerprint density at radius 1 is 1.30 bits per heavy atom. The van der Waals surface area contributed by atoms with Crippen molar-refractivity contribution in [3.63, 3.8) is 0 Å². The lowest BCUT2D eigenvalue weighted by atomic mass is 9.96. The van der Waals surface area contributed by atoms with E-state index in [1.807, 2.05) is 0 Å². The molecule has 0 unspecified atom stereocenters. The Labute approximate surface area is 60.7 Å². The van der Waals surface area contributed by atoms with Gasteiger partial charge in [-0.05, 0) is 0 Å². The van der Waals surface area contributed by atoms with Crippen LogP contribution in [-0.2, 0) is 9.47 Å². The van der Waals surface area contributed by atoms with E-state index < -0.39 is 0 Å². The summed E-state index contributed by atoms with van der Waals surface area (Å²) in [6, 6.07) is 0. The van der Waals surface area contributed by atoms with Crippen LogP contribution in [0, 0.1) is 0 Å². The van der Waals surface area contributed by atoms with Crippen molar-refractivity contribution in [3.05, 3.63) is 0 Å². The first-order chi connectivity index (χ1) is 4.91. The van der Waals surface area contributed by atoms with Crippen LogP contribution in [-0.4, -0.2) is 38.5 Å². The van der Waals surface area contributed by atoms with Gasteiger partial charge in [0.15, 0.2) is 0 Å². The second-order valence-electron chi connectivity index (χ2n) is 3.01. The van der Waals surface area contributed by atoms with E-state index in [1.54, 1.807) is 0 Å². The molecule has 0 bridgehead atoms. The second-order valence-corrected chi connectivity index (χ2v) is 3.01. The highest BCUT2D eigenvalue weighted by molar-refractivity contribution is 4.90. The molecule has 2 saturated heterocycles. The van der Waals surface area contributed by atoms with Gasteiger partial charge >= 0.3 is 0 Å². The standard InChI is InChI=1S/C7H13NO2/c1-3-10-7(1)5-8-2-4-9-6-7/h8H,1-6H2/t7-/m1/s1. The van der Waals surface area contributed by atoms with Crippen LogP contribution >= 0.6 is 0 Å². The number of nitrogens with one attached hydrogen (secondary N) is 1. The largest absolute Gasteiger partial charge is 0.377 e. The van der Waals surface area contributed by atoms with Gasteiger partial charge in [-0.15, -0.1) is 0 Å². The molecule has 0 aromatic carbocycles. The minimum Gasteiger partial charge on any atom is -0.377 e. The van der Waals surface area contributed by atoms with Crippen molar-refractivity contribution in [1.82, 2.24) is 5.32 Å². The molecule has 0 aromatic heterocycles. The summed E-state index contributed by atoms with van der Waals surface area (Å²) >= 11 is 0. The van der Waals surface area contributed by atoms with Crippen molar-refractivity contribution in [1.29, 1.82) is 0 Å². The molecule has 2 aliphatic rings. The van der Waals surface area contributed by atoms with E-state index in [1.165, 1.54) is 0 Å². The molecule has 2 heterocycles. The van der Waals surface area contributed by atoms with Gasteiger partial charge in [0.2, 0.25) is 0 Å². The molecule has 0 aliphatic carbocycles. The van der Waals surface area contributed by atoms with Gasteiger partial charge in [-0.3, -0.25) is 0 Å². The van der Waals surface area contributed by atoms with Crippen molar-refractivity contribution >= 4 is 0 Å². The van der Waals surface area contributed by atoms with Gasteiger partial charge in [0.25, 0.3) is 0 Å². The van der Waals surface area contributed by atoms with Crippen molar-refractivity contribution in [2.24, 2.45) is 0 Å². The Hall–Kier alpha value is -0.120. The van der Waals surface area contributed by atoms with Crippen LogP contribution in [0.2, 0.25) is 0 Å². The first-order valence-electron chi connectivity index (χ1n) is 3.84. The first-order valence-corrected chi connectivity index (χ1v) is 3.84. The second kappa shape index (κ2) is 2.49. The van der Waals surface area contributed by atoms with Crippen molar-refractivity contribution in [2.45, 2.75) is 12.0 Å². The van der Waals surface area contributed by atoms with Gasteiger partial charge in [-0.1, -0.05) is 0 Å². The third kappa shape index (κ3) is 1.05. The molecule has 0 amide bonds. The SMILES string of the molecule is C1COC[C@@]2(CCO2)CN1. The molecule has 58 valence electrons. The van der Waals surface area contributed by atoms with Crippen molar-refractivity contribution in [2.75, 3.05) is 32.9 Å². The predicted molar refractivity (Wildman–Crippen MR) is 37.0 cm³/mol. The number of hydrogen-bond acceptors (Lipinski definition) is 3. The smallest absolute Gasteiger partial charge is 0.106 e. The summed E-state index contributed by atoms with van der Waals surface area (Å²) in [5.74, 6) is 0. The lowest BCUT2D eigenvalue weighted by Crippen LogP contribution is -2.53. The topological polar surface area (TPSA) is 30.5 Å². The molecule has 0 radical (unpaired) electrons. The van der Waals surface area contributed by atoms with Crippen LogP contribution in [0.3, 0.4) is 0 Å². The highest BCUT2D eigenvalue weighted by Gasteiger charge is 2.39. The van der Waals surface area contributed by atoms with Crippen molar-refractivity contribution in [3.8, 4) is 0 Å². The zero-order valence-corrected chi connectivity index (χ0v) is 6.06. The predicted octanol–water partition coefficient (Wildman–Crippen LogP) is -0.235. The zero-order chi connectivity index (χ0) is 6.86. The third-order valence-corrected chi connectivity index (χ3v) is 2.20.